The van der Waals surface area contributed by atoms with E-state index in [4.69, 9.17) is 27.6 Å². The fourth-order valence-corrected chi connectivity index (χ4v) is 4.18. The first-order valence-corrected chi connectivity index (χ1v) is 9.63. The van der Waals surface area contributed by atoms with Crippen molar-refractivity contribution >= 4 is 56.2 Å². The molecule has 3 aromatic heterocycles. The average Bonchev–Trinajstić information content (AvgIpc) is 3.22. The summed E-state index contributed by atoms with van der Waals surface area (Å²) in [6.45, 7) is 0. The molecule has 10 nitrogen and oxygen atoms in total. The molecule has 0 aliphatic heterocycles. The number of hydrogen-bond donors (Lipinski definition) is 3. The van der Waals surface area contributed by atoms with Gasteiger partial charge in [0.05, 0.1) is 32.2 Å². The summed E-state index contributed by atoms with van der Waals surface area (Å²) in [6, 6.07) is 5.46. The van der Waals surface area contributed by atoms with Gasteiger partial charge in [0.25, 0.3) is 0 Å². The summed E-state index contributed by atoms with van der Waals surface area (Å²) >= 11 is 6.62. The first kappa shape index (κ1) is 20.3. The second kappa shape index (κ2) is 7.38. The van der Waals surface area contributed by atoms with Crippen LogP contribution in [0.25, 0.3) is 21.5 Å². The van der Waals surface area contributed by atoms with Crippen molar-refractivity contribution in [2.75, 3.05) is 11.5 Å². The Morgan fingerprint density at radius 2 is 2.23 bits per heavy atom. The minimum absolute atomic E-state index is 0.00117. The Labute approximate surface area is 181 Å². The Morgan fingerprint density at radius 1 is 1.48 bits per heavy atom. The van der Waals surface area contributed by atoms with Crippen molar-refractivity contribution in [2.45, 2.75) is 0 Å². The molecule has 5 N–H and O–H groups in total. The van der Waals surface area contributed by atoms with E-state index in [1.807, 2.05) is 6.07 Å². The Kier molecular flexibility index (Phi) is 4.84. The van der Waals surface area contributed by atoms with Gasteiger partial charge in [0.1, 0.15) is 28.1 Å². The minimum atomic E-state index is -0.769. The fourth-order valence-electron chi connectivity index (χ4n) is 3.01. The summed E-state index contributed by atoms with van der Waals surface area (Å²) in [7, 11) is 1.49. The molecule has 4 aromatic rings. The average molecular weight is 460 g/mol. The van der Waals surface area contributed by atoms with Gasteiger partial charge in [-0.05, 0) is 23.5 Å². The van der Waals surface area contributed by atoms with Crippen molar-refractivity contribution in [1.82, 2.24) is 10.3 Å². The zero-order valence-electron chi connectivity index (χ0n) is 15.6. The van der Waals surface area contributed by atoms with Gasteiger partial charge in [-0.3, -0.25) is 9.52 Å². The molecule has 0 aliphatic rings. The minimum Gasteiger partial charge on any atom is -0.858 e. The molecule has 31 heavy (non-hydrogen) atoms. The third kappa shape index (κ3) is 3.25. The van der Waals surface area contributed by atoms with Crippen LogP contribution in [-0.4, -0.2) is 16.2 Å². The molecule has 0 bridgehead atoms. The van der Waals surface area contributed by atoms with E-state index < -0.39 is 17.3 Å². The van der Waals surface area contributed by atoms with Gasteiger partial charge >= 0.3 is 11.3 Å². The fraction of sp³-hybridized carbons (Fsp3) is 0.0556. The van der Waals surface area contributed by atoms with Crippen LogP contribution in [0.4, 0.5) is 21.6 Å². The molecule has 156 valence electrons. The number of rotatable bonds is 3. The lowest BCUT2D eigenvalue weighted by Crippen LogP contribution is -2.34. The number of anilines is 2. The molecule has 0 saturated carbocycles. The first-order chi connectivity index (χ1) is 14.7. The molecule has 4 rings (SSSR count). The van der Waals surface area contributed by atoms with Crippen molar-refractivity contribution in [1.29, 1.82) is 5.26 Å². The number of halogens is 2. The molecule has 0 amide bonds. The van der Waals surface area contributed by atoms with Gasteiger partial charge in [-0.2, -0.15) is 5.26 Å². The molecular formula is C18H11ClFN7O3S. The molecular weight excluding hydrogens is 449 g/mol. The van der Waals surface area contributed by atoms with Crippen molar-refractivity contribution in [3.05, 3.63) is 49.9 Å². The molecule has 0 radical (unpaired) electrons. The van der Waals surface area contributed by atoms with E-state index in [2.05, 4.69) is 15.2 Å². The molecule has 0 saturated heterocycles. The van der Waals surface area contributed by atoms with Gasteiger partial charge < -0.3 is 16.6 Å². The highest BCUT2D eigenvalue weighted by atomic mass is 35.5. The predicted molar refractivity (Wildman–Crippen MR) is 110 cm³/mol. The molecule has 0 fully saturated rings. The molecule has 0 aliphatic carbocycles. The summed E-state index contributed by atoms with van der Waals surface area (Å²) < 4.78 is 19.4. The van der Waals surface area contributed by atoms with Gasteiger partial charge in [0.2, 0.25) is 0 Å². The number of aromatic nitrogens is 3. The van der Waals surface area contributed by atoms with Crippen molar-refractivity contribution in [2.24, 2.45) is 12.0 Å². The summed E-state index contributed by atoms with van der Waals surface area (Å²) in [5, 5.41) is 24.7. The van der Waals surface area contributed by atoms with E-state index >= 15 is 0 Å². The topological polar surface area (TPSA) is 174 Å². The molecule has 13 heteroatoms. The van der Waals surface area contributed by atoms with Crippen LogP contribution in [0.5, 0.6) is 0 Å². The third-order valence-electron chi connectivity index (χ3n) is 4.39. The molecule has 0 atom stereocenters. The van der Waals surface area contributed by atoms with Crippen molar-refractivity contribution in [3.63, 3.8) is 0 Å². The number of aliphatic imine (C=N–C) groups is 1. The number of pyridine rings is 1. The van der Waals surface area contributed by atoms with Crippen molar-refractivity contribution < 1.29 is 18.7 Å². The lowest BCUT2D eigenvalue weighted by Gasteiger charge is -2.10. The maximum Gasteiger partial charge on any atom is 0.435 e. The Hall–Kier alpha value is -3.95. The lowest BCUT2D eigenvalue weighted by molar-refractivity contribution is -0.730. The van der Waals surface area contributed by atoms with Gasteiger partial charge in [-0.15, -0.1) is 11.3 Å². The van der Waals surface area contributed by atoms with Crippen LogP contribution in [-0.2, 0) is 7.05 Å². The number of hydrogen-bond acceptors (Lipinski definition) is 9. The molecule has 0 spiro atoms. The molecule has 0 unspecified atom stereocenters. The number of benzene rings is 1. The second-order valence-electron chi connectivity index (χ2n) is 6.29. The number of aromatic amines is 1. The lowest BCUT2D eigenvalue weighted by atomic mass is 10.0. The third-order valence-corrected chi connectivity index (χ3v) is 5.76. The molecule has 1 aromatic carbocycles. The van der Waals surface area contributed by atoms with Crippen LogP contribution in [0.3, 0.4) is 0 Å². The van der Waals surface area contributed by atoms with Gasteiger partial charge in [0.15, 0.2) is 7.05 Å². The van der Waals surface area contributed by atoms with Crippen LogP contribution in [0, 0.1) is 17.1 Å². The summed E-state index contributed by atoms with van der Waals surface area (Å²) in [5.74, 6) is -1.54. The quantitative estimate of drug-likeness (QED) is 0.235. The maximum atomic E-state index is 13.4. The zero-order chi connectivity index (χ0) is 22.4. The van der Waals surface area contributed by atoms with E-state index in [0.29, 0.717) is 0 Å². The number of H-pyrrole nitrogens is 1. The monoisotopic (exact) mass is 459 g/mol. The smallest absolute Gasteiger partial charge is 0.435 e. The van der Waals surface area contributed by atoms with E-state index in [-0.39, 0.29) is 54.1 Å². The van der Waals surface area contributed by atoms with E-state index in [1.165, 1.54) is 23.9 Å². The number of nitriles is 1. The van der Waals surface area contributed by atoms with E-state index in [1.54, 1.807) is 0 Å². The van der Waals surface area contributed by atoms with Crippen LogP contribution >= 0.6 is 22.9 Å². The Balaban J connectivity index is 2.01. The van der Waals surface area contributed by atoms with Gasteiger partial charge in [-0.1, -0.05) is 16.3 Å². The standard InChI is InChI=1S/C18H11ClFN7O3S/c1-27-13(18(29)30-26-27)10-7(5-21)15(23)25-17-11(10)12(22)14(31-17)16(28)24-6-2-3-9(20)8(19)4-6/h2-4H,1H3,(H5-,22,23,24,25,26,28,29). The zero-order valence-corrected chi connectivity index (χ0v) is 17.1. The number of nitrogens with one attached hydrogen (secondary N) is 1. The summed E-state index contributed by atoms with van der Waals surface area (Å²) in [4.78, 5) is 20.5. The van der Waals surface area contributed by atoms with E-state index in [9.17, 15) is 19.6 Å². The number of thiophene rings is 1. The van der Waals surface area contributed by atoms with Gasteiger partial charge in [-0.25, -0.2) is 14.2 Å². The number of aryl methyl sites for hydroxylation is 1. The van der Waals surface area contributed by atoms with Crippen molar-refractivity contribution in [3.8, 4) is 17.3 Å². The SMILES string of the molecule is C[n+]1[nH]oc(=O)c1-c1c(C#N)c(N)nc2sc(C([O-])=Nc3ccc(F)c(Cl)c3)c(N)c12. The highest BCUT2D eigenvalue weighted by Crippen LogP contribution is 2.41. The predicted octanol–water partition coefficient (Wildman–Crippen LogP) is 1.34. The summed E-state index contributed by atoms with van der Waals surface area (Å²) in [6.07, 6.45) is 0. The molecule has 3 heterocycles. The maximum absolute atomic E-state index is 13.4. The van der Waals surface area contributed by atoms with E-state index in [0.717, 1.165) is 17.4 Å². The van der Waals surface area contributed by atoms with Crippen LogP contribution in [0.15, 0.2) is 32.5 Å². The van der Waals surface area contributed by atoms with Crippen LogP contribution in [0.2, 0.25) is 5.02 Å². The second-order valence-corrected chi connectivity index (χ2v) is 7.69. The Bertz CT molecular complexity index is 1500. The number of nitrogens with two attached hydrogens (primary N) is 2. The first-order valence-electron chi connectivity index (χ1n) is 8.43. The largest absolute Gasteiger partial charge is 0.858 e. The number of nitrogen functional groups attached to an aromatic ring is 2. The van der Waals surface area contributed by atoms with Crippen LogP contribution < -0.4 is 26.9 Å². The highest BCUT2D eigenvalue weighted by molar-refractivity contribution is 7.21. The number of nitrogens with zero attached hydrogens (tertiary/aromatic N) is 4. The normalized spacial score (nSPS) is 11.7. The Morgan fingerprint density at radius 3 is 2.84 bits per heavy atom. The van der Waals surface area contributed by atoms with Crippen LogP contribution in [0.1, 0.15) is 10.4 Å². The highest BCUT2D eigenvalue weighted by Gasteiger charge is 2.31. The summed E-state index contributed by atoms with van der Waals surface area (Å²) in [5.41, 5.74) is 11.4. The number of fused-ring (bicyclic) bond motifs is 1. The van der Waals surface area contributed by atoms with Gasteiger partial charge in [0, 0.05) is 5.90 Å².